The lowest BCUT2D eigenvalue weighted by Gasteiger charge is -2.10. The fourth-order valence-electron chi connectivity index (χ4n) is 2.68. The van der Waals surface area contributed by atoms with Gasteiger partial charge in [-0.2, -0.15) is 0 Å². The summed E-state index contributed by atoms with van der Waals surface area (Å²) in [6.07, 6.45) is -0.324. The average Bonchev–Trinajstić information content (AvgIpc) is 3.11. The molecular formula is C19H12F3N5O2. The molecule has 10 heteroatoms. The monoisotopic (exact) mass is 399 g/mol. The minimum absolute atomic E-state index is 0.251. The Morgan fingerprint density at radius 2 is 1.86 bits per heavy atom. The van der Waals surface area contributed by atoms with Crippen LogP contribution in [-0.4, -0.2) is 31.9 Å². The standard InChI is InChI=1S/C19H12F3N5O2/c20-19(21,22)29-14-3-1-2-13(10-14)15-11-24-17-5-4-16(26-27(15)17)25-18(28)12-6-8-23-9-7-12/h1-11H,(H,25,26,28). The molecule has 0 bridgehead atoms. The number of amides is 1. The maximum atomic E-state index is 12.5. The summed E-state index contributed by atoms with van der Waals surface area (Å²) in [5.41, 5.74) is 1.73. The van der Waals surface area contributed by atoms with Gasteiger partial charge in [0.15, 0.2) is 11.5 Å². The third-order valence-electron chi connectivity index (χ3n) is 3.91. The molecule has 0 aliphatic rings. The number of imidazole rings is 1. The summed E-state index contributed by atoms with van der Waals surface area (Å²) in [5, 5.41) is 6.99. The molecule has 3 aromatic heterocycles. The summed E-state index contributed by atoms with van der Waals surface area (Å²) < 4.78 is 42.9. The zero-order valence-corrected chi connectivity index (χ0v) is 14.6. The molecule has 0 unspecified atom stereocenters. The van der Waals surface area contributed by atoms with Crippen LogP contribution in [-0.2, 0) is 0 Å². The van der Waals surface area contributed by atoms with Gasteiger partial charge in [-0.1, -0.05) is 12.1 Å². The van der Waals surface area contributed by atoms with Crippen molar-refractivity contribution in [3.8, 4) is 17.0 Å². The number of fused-ring (bicyclic) bond motifs is 1. The lowest BCUT2D eigenvalue weighted by Crippen LogP contribution is -2.17. The zero-order chi connectivity index (χ0) is 20.4. The number of carbonyl (C=O) groups is 1. The van der Waals surface area contributed by atoms with Crippen LogP contribution in [0.3, 0.4) is 0 Å². The van der Waals surface area contributed by atoms with Gasteiger partial charge in [0.05, 0.1) is 11.9 Å². The second-order valence-electron chi connectivity index (χ2n) is 5.90. The van der Waals surface area contributed by atoms with Gasteiger partial charge in [-0.3, -0.25) is 9.78 Å². The molecular weight excluding hydrogens is 387 g/mol. The molecule has 0 atom stereocenters. The Bertz CT molecular complexity index is 1180. The smallest absolute Gasteiger partial charge is 0.406 e. The van der Waals surface area contributed by atoms with E-state index in [1.165, 1.54) is 41.3 Å². The minimum Gasteiger partial charge on any atom is -0.406 e. The van der Waals surface area contributed by atoms with Crippen LogP contribution in [0.5, 0.6) is 5.75 Å². The Morgan fingerprint density at radius 1 is 1.07 bits per heavy atom. The van der Waals surface area contributed by atoms with E-state index >= 15 is 0 Å². The second kappa shape index (κ2) is 7.23. The Balaban J connectivity index is 1.66. The van der Waals surface area contributed by atoms with E-state index in [4.69, 9.17) is 0 Å². The van der Waals surface area contributed by atoms with Crippen molar-refractivity contribution in [1.82, 2.24) is 19.6 Å². The fraction of sp³-hybridized carbons (Fsp3) is 0.0526. The van der Waals surface area contributed by atoms with Crippen LogP contribution in [0.25, 0.3) is 16.9 Å². The van der Waals surface area contributed by atoms with E-state index in [1.54, 1.807) is 30.3 Å². The first-order chi connectivity index (χ1) is 13.9. The number of benzene rings is 1. The van der Waals surface area contributed by atoms with Gasteiger partial charge in [0.2, 0.25) is 0 Å². The van der Waals surface area contributed by atoms with Gasteiger partial charge >= 0.3 is 6.36 Å². The van der Waals surface area contributed by atoms with Crippen LogP contribution in [0.15, 0.2) is 67.1 Å². The van der Waals surface area contributed by atoms with Gasteiger partial charge < -0.3 is 10.1 Å². The first-order valence-electron chi connectivity index (χ1n) is 8.31. The third-order valence-corrected chi connectivity index (χ3v) is 3.91. The number of anilines is 1. The number of hydrogen-bond acceptors (Lipinski definition) is 5. The Kier molecular flexibility index (Phi) is 4.59. The largest absolute Gasteiger partial charge is 0.573 e. The van der Waals surface area contributed by atoms with E-state index in [-0.39, 0.29) is 17.5 Å². The molecule has 1 aromatic carbocycles. The number of alkyl halides is 3. The van der Waals surface area contributed by atoms with Crippen molar-refractivity contribution in [1.29, 1.82) is 0 Å². The van der Waals surface area contributed by atoms with Crippen molar-refractivity contribution in [3.63, 3.8) is 0 Å². The normalized spacial score (nSPS) is 11.4. The number of hydrogen-bond donors (Lipinski definition) is 1. The minimum atomic E-state index is -4.79. The molecule has 7 nitrogen and oxygen atoms in total. The molecule has 0 radical (unpaired) electrons. The summed E-state index contributed by atoms with van der Waals surface area (Å²) in [6, 6.07) is 11.8. The number of pyridine rings is 1. The Hall–Kier alpha value is -3.95. The van der Waals surface area contributed by atoms with Crippen LogP contribution in [0.2, 0.25) is 0 Å². The van der Waals surface area contributed by atoms with Crippen molar-refractivity contribution in [2.45, 2.75) is 6.36 Å². The first kappa shape index (κ1) is 18.4. The molecule has 0 aliphatic carbocycles. The van der Waals surface area contributed by atoms with Crippen molar-refractivity contribution in [2.24, 2.45) is 0 Å². The van der Waals surface area contributed by atoms with Gasteiger partial charge in [0.25, 0.3) is 5.91 Å². The predicted molar refractivity (Wildman–Crippen MR) is 97.3 cm³/mol. The quantitative estimate of drug-likeness (QED) is 0.562. The molecule has 1 N–H and O–H groups in total. The van der Waals surface area contributed by atoms with Gasteiger partial charge in [-0.25, -0.2) is 9.50 Å². The fourth-order valence-corrected chi connectivity index (χ4v) is 2.68. The summed E-state index contributed by atoms with van der Waals surface area (Å²) >= 11 is 0. The molecule has 0 fully saturated rings. The first-order valence-corrected chi connectivity index (χ1v) is 8.31. The third kappa shape index (κ3) is 4.15. The Morgan fingerprint density at radius 3 is 2.62 bits per heavy atom. The van der Waals surface area contributed by atoms with E-state index < -0.39 is 6.36 Å². The highest BCUT2D eigenvalue weighted by molar-refractivity contribution is 6.03. The molecule has 3 heterocycles. The van der Waals surface area contributed by atoms with Crippen LogP contribution in [0.1, 0.15) is 10.4 Å². The molecule has 0 spiro atoms. The van der Waals surface area contributed by atoms with Crippen LogP contribution < -0.4 is 10.1 Å². The summed E-state index contributed by atoms with van der Waals surface area (Å²) in [6.45, 7) is 0. The maximum Gasteiger partial charge on any atom is 0.573 e. The number of aromatic nitrogens is 4. The molecule has 29 heavy (non-hydrogen) atoms. The van der Waals surface area contributed by atoms with Crippen LogP contribution >= 0.6 is 0 Å². The summed E-state index contributed by atoms with van der Waals surface area (Å²) in [4.78, 5) is 20.3. The maximum absolute atomic E-state index is 12.5. The van der Waals surface area contributed by atoms with Gasteiger partial charge in [0, 0.05) is 23.5 Å². The SMILES string of the molecule is O=C(Nc1ccc2ncc(-c3cccc(OC(F)(F)F)c3)n2n1)c1ccncc1. The average molecular weight is 399 g/mol. The predicted octanol–water partition coefficient (Wildman–Crippen LogP) is 3.94. The molecule has 4 aromatic rings. The lowest BCUT2D eigenvalue weighted by atomic mass is 10.1. The highest BCUT2D eigenvalue weighted by atomic mass is 19.4. The number of halogens is 3. The molecule has 0 saturated carbocycles. The van der Waals surface area contributed by atoms with Gasteiger partial charge in [-0.05, 0) is 36.4 Å². The van der Waals surface area contributed by atoms with E-state index in [2.05, 4.69) is 25.1 Å². The van der Waals surface area contributed by atoms with E-state index in [0.717, 1.165) is 0 Å². The zero-order valence-electron chi connectivity index (χ0n) is 14.6. The van der Waals surface area contributed by atoms with Crippen molar-refractivity contribution < 1.29 is 22.7 Å². The number of carbonyl (C=O) groups excluding carboxylic acids is 1. The number of ether oxygens (including phenoxy) is 1. The second-order valence-corrected chi connectivity index (χ2v) is 5.90. The molecule has 0 saturated heterocycles. The summed E-state index contributed by atoms with van der Waals surface area (Å²) in [5.74, 6) is -0.477. The van der Waals surface area contributed by atoms with E-state index in [0.29, 0.717) is 22.5 Å². The highest BCUT2D eigenvalue weighted by Crippen LogP contribution is 2.28. The molecule has 1 amide bonds. The van der Waals surface area contributed by atoms with Gasteiger partial charge in [-0.15, -0.1) is 18.3 Å². The summed E-state index contributed by atoms with van der Waals surface area (Å²) in [7, 11) is 0. The molecule has 146 valence electrons. The van der Waals surface area contributed by atoms with E-state index in [1.807, 2.05) is 0 Å². The van der Waals surface area contributed by atoms with Crippen molar-refractivity contribution in [2.75, 3.05) is 5.32 Å². The van der Waals surface area contributed by atoms with Crippen molar-refractivity contribution in [3.05, 3.63) is 72.7 Å². The number of nitrogens with one attached hydrogen (secondary N) is 1. The number of nitrogens with zero attached hydrogens (tertiary/aromatic N) is 4. The topological polar surface area (TPSA) is 81.4 Å². The lowest BCUT2D eigenvalue weighted by molar-refractivity contribution is -0.274. The highest BCUT2D eigenvalue weighted by Gasteiger charge is 2.31. The number of rotatable bonds is 4. The van der Waals surface area contributed by atoms with Crippen molar-refractivity contribution >= 4 is 17.4 Å². The Labute approximate surface area is 161 Å². The molecule has 4 rings (SSSR count). The van der Waals surface area contributed by atoms with Gasteiger partial charge in [0.1, 0.15) is 5.75 Å². The van der Waals surface area contributed by atoms with Crippen LogP contribution in [0, 0.1) is 0 Å². The van der Waals surface area contributed by atoms with Crippen LogP contribution in [0.4, 0.5) is 19.0 Å². The molecule has 0 aliphatic heterocycles. The van der Waals surface area contributed by atoms with E-state index in [9.17, 15) is 18.0 Å².